The maximum Gasteiger partial charge on any atom is 0.329 e. The number of aliphatic imine (C=N–C) groups is 1. The van der Waals surface area contributed by atoms with Crippen molar-refractivity contribution >= 4 is 44.3 Å². The summed E-state index contributed by atoms with van der Waals surface area (Å²) < 4.78 is 34.3. The lowest BCUT2D eigenvalue weighted by molar-refractivity contribution is -0.143. The number of rotatable bonds is 6. The third-order valence-corrected chi connectivity index (χ3v) is 7.29. The van der Waals surface area contributed by atoms with Gasteiger partial charge in [-0.25, -0.2) is 13.2 Å². The lowest BCUT2D eigenvalue weighted by Gasteiger charge is -2.26. The zero-order valence-electron chi connectivity index (χ0n) is 14.4. The van der Waals surface area contributed by atoms with Crippen molar-refractivity contribution in [3.63, 3.8) is 0 Å². The Morgan fingerprint density at radius 2 is 2.04 bits per heavy atom. The summed E-state index contributed by atoms with van der Waals surface area (Å²) in [5, 5.41) is 8.67. The summed E-state index contributed by atoms with van der Waals surface area (Å²) in [5.41, 5.74) is 0.620. The quantitative estimate of drug-likeness (QED) is 0.704. The fourth-order valence-corrected chi connectivity index (χ4v) is 6.96. The third-order valence-electron chi connectivity index (χ3n) is 4.08. The first kappa shape index (κ1) is 19.6. The molecule has 2 aliphatic rings. The van der Waals surface area contributed by atoms with E-state index in [-0.39, 0.29) is 22.8 Å². The second kappa shape index (κ2) is 7.87. The van der Waals surface area contributed by atoms with Crippen LogP contribution in [0.15, 0.2) is 29.3 Å². The molecule has 2 atom stereocenters. The number of nitrogens with zero attached hydrogens (tertiary/aromatic N) is 2. The van der Waals surface area contributed by atoms with Gasteiger partial charge in [0.05, 0.1) is 30.3 Å². The molecule has 146 valence electrons. The number of methoxy groups -OCH3 is 1. The molecule has 1 aromatic rings. The number of carbonyl (C=O) groups is 2. The highest BCUT2D eigenvalue weighted by Crippen LogP contribution is 2.43. The van der Waals surface area contributed by atoms with Crippen LogP contribution in [0.4, 0.5) is 5.69 Å². The van der Waals surface area contributed by atoms with E-state index in [1.807, 2.05) is 0 Å². The molecular formula is C16H18N2O7S2. The third kappa shape index (κ3) is 4.42. The summed E-state index contributed by atoms with van der Waals surface area (Å²) in [6, 6.07) is 6.73. The molecule has 2 fully saturated rings. The Morgan fingerprint density at radius 1 is 1.30 bits per heavy atom. The van der Waals surface area contributed by atoms with Gasteiger partial charge in [0.1, 0.15) is 19.0 Å². The summed E-state index contributed by atoms with van der Waals surface area (Å²) in [7, 11) is -1.67. The van der Waals surface area contributed by atoms with Crippen molar-refractivity contribution in [2.45, 2.75) is 11.3 Å². The zero-order chi connectivity index (χ0) is 19.6. The van der Waals surface area contributed by atoms with Gasteiger partial charge in [0.25, 0.3) is 5.91 Å². The van der Waals surface area contributed by atoms with Gasteiger partial charge in [-0.1, -0.05) is 23.9 Å². The second-order valence-electron chi connectivity index (χ2n) is 6.02. The average Bonchev–Trinajstić information content (AvgIpc) is 3.05. The van der Waals surface area contributed by atoms with Crippen molar-refractivity contribution < 1.29 is 32.6 Å². The molecule has 9 nitrogen and oxygen atoms in total. The largest absolute Gasteiger partial charge is 0.495 e. The van der Waals surface area contributed by atoms with Crippen LogP contribution in [0.1, 0.15) is 0 Å². The number of hydrogen-bond donors (Lipinski definition) is 1. The first-order valence-electron chi connectivity index (χ1n) is 8.01. The lowest BCUT2D eigenvalue weighted by atomic mass is 10.2. The number of amides is 1. The molecule has 0 bridgehead atoms. The average molecular weight is 414 g/mol. The number of thioether (sulfide) groups is 1. The van der Waals surface area contributed by atoms with E-state index < -0.39 is 34.9 Å². The van der Waals surface area contributed by atoms with E-state index in [0.29, 0.717) is 16.6 Å². The van der Waals surface area contributed by atoms with E-state index in [2.05, 4.69) is 4.99 Å². The van der Waals surface area contributed by atoms with Crippen LogP contribution in [-0.4, -0.2) is 73.7 Å². The van der Waals surface area contributed by atoms with E-state index in [4.69, 9.17) is 14.6 Å². The van der Waals surface area contributed by atoms with E-state index in [1.165, 1.54) is 18.9 Å². The molecule has 11 heteroatoms. The molecule has 2 heterocycles. The number of anilines is 1. The highest BCUT2D eigenvalue weighted by molar-refractivity contribution is 8.16. The number of para-hydroxylation sites is 2. The lowest BCUT2D eigenvalue weighted by Crippen LogP contribution is -2.38. The number of amidine groups is 1. The van der Waals surface area contributed by atoms with Gasteiger partial charge in [0.15, 0.2) is 15.0 Å². The van der Waals surface area contributed by atoms with Gasteiger partial charge in [0, 0.05) is 5.25 Å². The Kier molecular flexibility index (Phi) is 5.72. The van der Waals surface area contributed by atoms with E-state index in [1.54, 1.807) is 29.2 Å². The zero-order valence-corrected chi connectivity index (χ0v) is 16.0. The van der Waals surface area contributed by atoms with Crippen LogP contribution in [0.25, 0.3) is 0 Å². The number of ether oxygens (including phenoxy) is 2. The Morgan fingerprint density at radius 3 is 2.74 bits per heavy atom. The Hall–Kier alpha value is -2.11. The topological polar surface area (TPSA) is 123 Å². The summed E-state index contributed by atoms with van der Waals surface area (Å²) >= 11 is 1.22. The minimum absolute atomic E-state index is 0.0106. The molecule has 1 aromatic carbocycles. The van der Waals surface area contributed by atoms with Gasteiger partial charge >= 0.3 is 5.97 Å². The van der Waals surface area contributed by atoms with Gasteiger partial charge in [-0.15, -0.1) is 0 Å². The Balaban J connectivity index is 1.90. The Labute approximate surface area is 160 Å². The summed E-state index contributed by atoms with van der Waals surface area (Å²) in [6.45, 7) is -1.06. The minimum Gasteiger partial charge on any atom is -0.495 e. The van der Waals surface area contributed by atoms with Crippen LogP contribution in [0, 0.1) is 0 Å². The van der Waals surface area contributed by atoms with E-state index in [9.17, 15) is 18.0 Å². The van der Waals surface area contributed by atoms with Crippen LogP contribution in [0.3, 0.4) is 0 Å². The number of benzene rings is 1. The van der Waals surface area contributed by atoms with E-state index >= 15 is 0 Å². The van der Waals surface area contributed by atoms with Crippen LogP contribution in [-0.2, 0) is 24.2 Å². The fraction of sp³-hybridized carbons (Fsp3) is 0.438. The number of hydrogen-bond acceptors (Lipinski definition) is 7. The van der Waals surface area contributed by atoms with Gasteiger partial charge in [0.2, 0.25) is 0 Å². The molecule has 0 saturated carbocycles. The smallest absolute Gasteiger partial charge is 0.329 e. The van der Waals surface area contributed by atoms with Crippen LogP contribution in [0.2, 0.25) is 0 Å². The highest BCUT2D eigenvalue weighted by atomic mass is 32.2. The molecule has 2 aliphatic heterocycles. The standard InChI is InChI=1S/C16H18N2O7S2/c1-24-12-5-3-2-4-10(12)18-11-8-27(22,23)9-13(11)26-16(18)17-14(19)6-25-7-15(20)21/h2-5,11,13H,6-9H2,1H3,(H,20,21)/t11-,13-/m0/s1. The number of aliphatic carboxylic acids is 1. The molecular weight excluding hydrogens is 396 g/mol. The van der Waals surface area contributed by atoms with Crippen molar-refractivity contribution in [2.24, 2.45) is 4.99 Å². The molecule has 1 amide bonds. The SMILES string of the molecule is COc1ccccc1N1C(=NC(=O)COCC(=O)O)S[C@H]2CS(=O)(=O)C[C@@H]21. The normalized spacial score (nSPS) is 24.8. The van der Waals surface area contributed by atoms with Crippen LogP contribution >= 0.6 is 11.8 Å². The molecule has 0 unspecified atom stereocenters. The summed E-state index contributed by atoms with van der Waals surface area (Å²) in [5.74, 6) is -1.31. The van der Waals surface area contributed by atoms with Gasteiger partial charge < -0.3 is 19.5 Å². The molecule has 0 spiro atoms. The summed E-state index contributed by atoms with van der Waals surface area (Å²) in [6.07, 6.45) is 0. The molecule has 27 heavy (non-hydrogen) atoms. The molecule has 0 aliphatic carbocycles. The van der Waals surface area contributed by atoms with Crippen molar-refractivity contribution in [1.82, 2.24) is 0 Å². The number of carboxylic acid groups (broad SMARTS) is 1. The van der Waals surface area contributed by atoms with Crippen LogP contribution < -0.4 is 9.64 Å². The highest BCUT2D eigenvalue weighted by Gasteiger charge is 2.50. The van der Waals surface area contributed by atoms with Crippen LogP contribution in [0.5, 0.6) is 5.75 Å². The van der Waals surface area contributed by atoms with E-state index in [0.717, 1.165) is 0 Å². The Bertz CT molecular complexity index is 885. The van der Waals surface area contributed by atoms with Crippen molar-refractivity contribution in [3.8, 4) is 5.75 Å². The monoisotopic (exact) mass is 414 g/mol. The second-order valence-corrected chi connectivity index (χ2v) is 9.38. The number of carboxylic acids is 1. The number of carbonyl (C=O) groups excluding carboxylic acids is 1. The maximum absolute atomic E-state index is 12.1. The van der Waals surface area contributed by atoms with Gasteiger partial charge in [-0.3, -0.25) is 4.79 Å². The van der Waals surface area contributed by atoms with Crippen molar-refractivity contribution in [3.05, 3.63) is 24.3 Å². The first-order chi connectivity index (χ1) is 12.8. The predicted octanol–water partition coefficient (Wildman–Crippen LogP) is 0.398. The minimum atomic E-state index is -3.17. The van der Waals surface area contributed by atoms with Crippen molar-refractivity contribution in [2.75, 3.05) is 36.7 Å². The maximum atomic E-state index is 12.1. The predicted molar refractivity (Wildman–Crippen MR) is 100 cm³/mol. The number of fused-ring (bicyclic) bond motifs is 1. The molecule has 0 aromatic heterocycles. The van der Waals surface area contributed by atoms with Gasteiger partial charge in [-0.05, 0) is 12.1 Å². The molecule has 1 N–H and O–H groups in total. The number of sulfone groups is 1. The fourth-order valence-electron chi connectivity index (χ4n) is 3.04. The summed E-state index contributed by atoms with van der Waals surface area (Å²) in [4.78, 5) is 28.3. The van der Waals surface area contributed by atoms with Crippen molar-refractivity contribution in [1.29, 1.82) is 0 Å². The first-order valence-corrected chi connectivity index (χ1v) is 10.7. The van der Waals surface area contributed by atoms with Gasteiger partial charge in [-0.2, -0.15) is 4.99 Å². The molecule has 0 radical (unpaired) electrons. The molecule has 3 rings (SSSR count). The molecule has 2 saturated heterocycles.